The number of nitrogens with zero attached hydrogens (tertiary/aromatic N) is 1. The lowest BCUT2D eigenvalue weighted by Gasteiger charge is -1.92. The molecule has 0 aliphatic heterocycles. The molecule has 0 unspecified atom stereocenters. The molecule has 16 heavy (non-hydrogen) atoms. The number of rotatable bonds is 4. The maximum Gasteiger partial charge on any atom is 0.304 e. The number of nitrogens with one attached hydrogen (secondary N) is 1. The molecule has 1 heterocycles. The molecule has 0 saturated carbocycles. The van der Waals surface area contributed by atoms with Crippen molar-refractivity contribution < 1.29 is 9.90 Å². The van der Waals surface area contributed by atoms with Crippen molar-refractivity contribution in [3.05, 3.63) is 23.8 Å². The van der Waals surface area contributed by atoms with Crippen molar-refractivity contribution in [3.63, 3.8) is 0 Å². The number of aliphatic carboxylic acids is 1. The molecule has 0 amide bonds. The van der Waals surface area contributed by atoms with Crippen LogP contribution in [-0.2, 0) is 4.79 Å². The quantitative estimate of drug-likeness (QED) is 0.800. The van der Waals surface area contributed by atoms with E-state index in [-0.39, 0.29) is 6.42 Å². The minimum atomic E-state index is -0.778. The molecule has 1 aromatic heterocycles. The SMILES string of the molecule is Cc1ccc2nc(SCCC(=O)O)[nH]c2c1. The zero-order chi connectivity index (χ0) is 11.5. The van der Waals surface area contributed by atoms with Crippen LogP contribution in [0.1, 0.15) is 12.0 Å². The number of hydrogen-bond acceptors (Lipinski definition) is 3. The van der Waals surface area contributed by atoms with Crippen LogP contribution in [-0.4, -0.2) is 26.8 Å². The number of carbonyl (C=O) groups is 1. The van der Waals surface area contributed by atoms with E-state index in [2.05, 4.69) is 9.97 Å². The summed E-state index contributed by atoms with van der Waals surface area (Å²) in [5, 5.41) is 9.30. The molecule has 1 aromatic carbocycles. The monoisotopic (exact) mass is 236 g/mol. The highest BCUT2D eigenvalue weighted by Gasteiger charge is 2.04. The summed E-state index contributed by atoms with van der Waals surface area (Å²) >= 11 is 1.43. The van der Waals surface area contributed by atoms with Crippen molar-refractivity contribution in [1.29, 1.82) is 0 Å². The van der Waals surface area contributed by atoms with Crippen molar-refractivity contribution >= 4 is 28.8 Å². The first-order chi connectivity index (χ1) is 7.65. The number of aromatic amines is 1. The summed E-state index contributed by atoms with van der Waals surface area (Å²) < 4.78 is 0. The number of imidazole rings is 1. The molecule has 0 spiro atoms. The van der Waals surface area contributed by atoms with E-state index in [4.69, 9.17) is 5.11 Å². The van der Waals surface area contributed by atoms with Crippen LogP contribution in [0.3, 0.4) is 0 Å². The van der Waals surface area contributed by atoms with Gasteiger partial charge in [-0.2, -0.15) is 0 Å². The predicted octanol–water partition coefficient (Wildman–Crippen LogP) is 2.44. The highest BCUT2D eigenvalue weighted by atomic mass is 32.2. The number of thioether (sulfide) groups is 1. The lowest BCUT2D eigenvalue weighted by Crippen LogP contribution is -1.95. The number of carboxylic acid groups (broad SMARTS) is 1. The van der Waals surface area contributed by atoms with E-state index < -0.39 is 5.97 Å². The Morgan fingerprint density at radius 2 is 2.38 bits per heavy atom. The van der Waals surface area contributed by atoms with E-state index in [1.165, 1.54) is 17.3 Å². The van der Waals surface area contributed by atoms with Gasteiger partial charge in [0.15, 0.2) is 5.16 Å². The zero-order valence-corrected chi connectivity index (χ0v) is 9.67. The number of benzene rings is 1. The highest BCUT2D eigenvalue weighted by Crippen LogP contribution is 2.20. The van der Waals surface area contributed by atoms with Crippen molar-refractivity contribution in [1.82, 2.24) is 9.97 Å². The highest BCUT2D eigenvalue weighted by molar-refractivity contribution is 7.99. The maximum absolute atomic E-state index is 10.4. The average molecular weight is 236 g/mol. The van der Waals surface area contributed by atoms with Crippen LogP contribution in [0.15, 0.2) is 23.4 Å². The van der Waals surface area contributed by atoms with Crippen LogP contribution in [0.2, 0.25) is 0 Å². The molecule has 4 nitrogen and oxygen atoms in total. The number of fused-ring (bicyclic) bond motifs is 1. The van der Waals surface area contributed by atoms with Crippen molar-refractivity contribution in [2.75, 3.05) is 5.75 Å². The van der Waals surface area contributed by atoms with E-state index in [0.29, 0.717) is 5.75 Å². The van der Waals surface area contributed by atoms with Crippen molar-refractivity contribution in [2.45, 2.75) is 18.5 Å². The molecule has 2 aromatic rings. The van der Waals surface area contributed by atoms with Crippen LogP contribution >= 0.6 is 11.8 Å². The Hall–Kier alpha value is -1.49. The molecular formula is C11H12N2O2S. The molecule has 2 rings (SSSR count). The number of aromatic nitrogens is 2. The third kappa shape index (κ3) is 2.55. The van der Waals surface area contributed by atoms with Gasteiger partial charge in [-0.3, -0.25) is 4.79 Å². The lowest BCUT2D eigenvalue weighted by atomic mass is 10.2. The van der Waals surface area contributed by atoms with Gasteiger partial charge in [0.25, 0.3) is 0 Å². The standard InChI is InChI=1S/C11H12N2O2S/c1-7-2-3-8-9(6-7)13-11(12-8)16-5-4-10(14)15/h2-3,6H,4-5H2,1H3,(H,12,13)(H,14,15). The van der Waals surface area contributed by atoms with E-state index in [0.717, 1.165) is 16.2 Å². The normalized spacial score (nSPS) is 10.8. The van der Waals surface area contributed by atoms with Crippen LogP contribution in [0.5, 0.6) is 0 Å². The Kier molecular flexibility index (Phi) is 3.14. The first-order valence-corrected chi connectivity index (χ1v) is 5.94. The van der Waals surface area contributed by atoms with Crippen LogP contribution in [0.25, 0.3) is 11.0 Å². The first-order valence-electron chi connectivity index (χ1n) is 4.96. The van der Waals surface area contributed by atoms with Gasteiger partial charge < -0.3 is 10.1 Å². The molecule has 0 aliphatic carbocycles. The van der Waals surface area contributed by atoms with E-state index in [9.17, 15) is 4.79 Å². The topological polar surface area (TPSA) is 66.0 Å². The third-order valence-electron chi connectivity index (χ3n) is 2.17. The second kappa shape index (κ2) is 4.57. The fourth-order valence-corrected chi connectivity index (χ4v) is 2.22. The summed E-state index contributed by atoms with van der Waals surface area (Å²) in [4.78, 5) is 17.9. The Morgan fingerprint density at radius 3 is 3.12 bits per heavy atom. The van der Waals surface area contributed by atoms with Gasteiger partial charge in [0.2, 0.25) is 0 Å². The molecule has 0 saturated heterocycles. The Balaban J connectivity index is 2.10. The van der Waals surface area contributed by atoms with Gasteiger partial charge in [-0.25, -0.2) is 4.98 Å². The summed E-state index contributed by atoms with van der Waals surface area (Å²) in [6, 6.07) is 6.00. The number of aryl methyl sites for hydroxylation is 1. The van der Waals surface area contributed by atoms with Gasteiger partial charge in [-0.15, -0.1) is 0 Å². The Labute approximate surface area is 97.1 Å². The van der Waals surface area contributed by atoms with Gasteiger partial charge in [-0.1, -0.05) is 17.8 Å². The molecule has 2 N–H and O–H groups in total. The summed E-state index contributed by atoms with van der Waals surface area (Å²) in [6.07, 6.45) is 0.154. The minimum absolute atomic E-state index is 0.154. The molecule has 5 heteroatoms. The maximum atomic E-state index is 10.4. The summed E-state index contributed by atoms with van der Waals surface area (Å²) in [7, 11) is 0. The second-order valence-electron chi connectivity index (χ2n) is 3.55. The first kappa shape index (κ1) is 11.0. The summed E-state index contributed by atoms with van der Waals surface area (Å²) in [6.45, 7) is 2.03. The number of hydrogen-bond donors (Lipinski definition) is 2. The summed E-state index contributed by atoms with van der Waals surface area (Å²) in [5.41, 5.74) is 3.10. The van der Waals surface area contributed by atoms with Gasteiger partial charge in [0, 0.05) is 5.75 Å². The van der Waals surface area contributed by atoms with Gasteiger partial charge in [0.05, 0.1) is 17.5 Å². The molecule has 0 bridgehead atoms. The molecule has 84 valence electrons. The average Bonchev–Trinajstić information content (AvgIpc) is 2.58. The Bertz CT molecular complexity index is 522. The van der Waals surface area contributed by atoms with Crippen LogP contribution in [0, 0.1) is 6.92 Å². The fraction of sp³-hybridized carbons (Fsp3) is 0.273. The van der Waals surface area contributed by atoms with E-state index >= 15 is 0 Å². The Morgan fingerprint density at radius 1 is 1.56 bits per heavy atom. The molecule has 0 atom stereocenters. The molecule has 0 fully saturated rings. The van der Waals surface area contributed by atoms with Crippen molar-refractivity contribution in [3.8, 4) is 0 Å². The fourth-order valence-electron chi connectivity index (χ4n) is 1.40. The van der Waals surface area contributed by atoms with Crippen LogP contribution < -0.4 is 0 Å². The predicted molar refractivity (Wildman–Crippen MR) is 63.8 cm³/mol. The molecular weight excluding hydrogens is 224 g/mol. The van der Waals surface area contributed by atoms with Crippen molar-refractivity contribution in [2.24, 2.45) is 0 Å². The van der Waals surface area contributed by atoms with Gasteiger partial charge >= 0.3 is 5.97 Å². The zero-order valence-electron chi connectivity index (χ0n) is 8.86. The number of carboxylic acids is 1. The number of H-pyrrole nitrogens is 1. The second-order valence-corrected chi connectivity index (χ2v) is 4.64. The van der Waals surface area contributed by atoms with E-state index in [1.807, 2.05) is 25.1 Å². The van der Waals surface area contributed by atoms with Crippen LogP contribution in [0.4, 0.5) is 0 Å². The third-order valence-corrected chi connectivity index (χ3v) is 3.05. The molecule has 0 aliphatic rings. The van der Waals surface area contributed by atoms with E-state index in [1.54, 1.807) is 0 Å². The lowest BCUT2D eigenvalue weighted by molar-refractivity contribution is -0.136. The summed E-state index contributed by atoms with van der Waals surface area (Å²) in [5.74, 6) is -0.242. The van der Waals surface area contributed by atoms with Gasteiger partial charge in [0.1, 0.15) is 0 Å². The van der Waals surface area contributed by atoms with Gasteiger partial charge in [-0.05, 0) is 24.6 Å². The molecule has 0 radical (unpaired) electrons. The smallest absolute Gasteiger partial charge is 0.304 e. The minimum Gasteiger partial charge on any atom is -0.481 e. The largest absolute Gasteiger partial charge is 0.481 e.